The standard InChI is InChI=1S/C5H10O3S/c1-4(5(6)7)3-9(2)8/h4H,3H2,1-2H3,(H,6,7)/t4-,9+/m0/s1. The van der Waals surface area contributed by atoms with E-state index in [1.165, 1.54) is 6.26 Å². The quantitative estimate of drug-likeness (QED) is 0.620. The summed E-state index contributed by atoms with van der Waals surface area (Å²) in [4.78, 5) is 10.1. The van der Waals surface area contributed by atoms with Gasteiger partial charge in [-0.05, 0) is 0 Å². The van der Waals surface area contributed by atoms with E-state index in [1.807, 2.05) is 0 Å². The van der Waals surface area contributed by atoms with E-state index in [4.69, 9.17) is 5.11 Å². The van der Waals surface area contributed by atoms with Gasteiger partial charge in [-0.1, -0.05) is 6.92 Å². The fraction of sp³-hybridized carbons (Fsp3) is 0.800. The van der Waals surface area contributed by atoms with Crippen LogP contribution in [0.5, 0.6) is 0 Å². The maximum atomic E-state index is 10.4. The molecule has 9 heavy (non-hydrogen) atoms. The number of carboxylic acid groups (broad SMARTS) is 1. The molecule has 0 spiro atoms. The Balaban J connectivity index is 3.63. The average molecular weight is 150 g/mol. The normalized spacial score (nSPS) is 16.7. The molecule has 54 valence electrons. The van der Waals surface area contributed by atoms with Crippen LogP contribution in [0.1, 0.15) is 6.92 Å². The van der Waals surface area contributed by atoms with Crippen LogP contribution in [0.15, 0.2) is 0 Å². The first-order valence-electron chi connectivity index (χ1n) is 2.57. The molecule has 3 nitrogen and oxygen atoms in total. The minimum absolute atomic E-state index is 0.245. The third kappa shape index (κ3) is 4.14. The van der Waals surface area contributed by atoms with Crippen molar-refractivity contribution < 1.29 is 14.1 Å². The van der Waals surface area contributed by atoms with Crippen LogP contribution in [-0.2, 0) is 15.6 Å². The Kier molecular flexibility index (Phi) is 3.46. The Hall–Kier alpha value is -0.380. The second-order valence-corrected chi connectivity index (χ2v) is 3.46. The van der Waals surface area contributed by atoms with Crippen LogP contribution in [-0.4, -0.2) is 27.3 Å². The molecule has 1 N–H and O–H groups in total. The SMILES string of the molecule is C[C@@H](C[S@@](C)=O)C(=O)O. The summed E-state index contributed by atoms with van der Waals surface area (Å²) in [5.74, 6) is -1.13. The minimum Gasteiger partial charge on any atom is -0.481 e. The number of hydrogen-bond donors (Lipinski definition) is 1. The van der Waals surface area contributed by atoms with Crippen molar-refractivity contribution in [3.63, 3.8) is 0 Å². The minimum atomic E-state index is -0.997. The third-order valence-corrected chi connectivity index (χ3v) is 1.88. The predicted octanol–water partition coefficient (Wildman–Crippen LogP) is 0.0856. The maximum Gasteiger partial charge on any atom is 0.307 e. The lowest BCUT2D eigenvalue weighted by Crippen LogP contribution is -2.16. The highest BCUT2D eigenvalue weighted by molar-refractivity contribution is 7.84. The largest absolute Gasteiger partial charge is 0.481 e. The molecule has 0 radical (unpaired) electrons. The summed E-state index contributed by atoms with van der Waals surface area (Å²) in [6, 6.07) is 0. The predicted molar refractivity (Wildman–Crippen MR) is 35.7 cm³/mol. The van der Waals surface area contributed by atoms with Crippen LogP contribution in [0.3, 0.4) is 0 Å². The lowest BCUT2D eigenvalue weighted by Gasteiger charge is -2.00. The van der Waals surface area contributed by atoms with E-state index in [0.29, 0.717) is 0 Å². The summed E-state index contributed by atoms with van der Waals surface area (Å²) in [6.45, 7) is 1.55. The highest BCUT2D eigenvalue weighted by atomic mass is 32.2. The average Bonchev–Trinajstić information content (AvgIpc) is 1.63. The highest BCUT2D eigenvalue weighted by Gasteiger charge is 2.11. The molecule has 0 heterocycles. The molecule has 0 fully saturated rings. The molecule has 0 saturated carbocycles. The van der Waals surface area contributed by atoms with E-state index in [0.717, 1.165) is 0 Å². The first-order chi connectivity index (χ1) is 4.04. The molecule has 0 unspecified atom stereocenters. The molecule has 0 aromatic carbocycles. The van der Waals surface area contributed by atoms with E-state index in [1.54, 1.807) is 6.92 Å². The van der Waals surface area contributed by atoms with Crippen molar-refractivity contribution in [2.24, 2.45) is 5.92 Å². The summed E-state index contributed by atoms with van der Waals surface area (Å²) in [7, 11) is -0.997. The van der Waals surface area contributed by atoms with Gasteiger partial charge in [0.1, 0.15) is 0 Å². The van der Waals surface area contributed by atoms with Crippen LogP contribution in [0.4, 0.5) is 0 Å². The van der Waals surface area contributed by atoms with Crippen molar-refractivity contribution in [3.8, 4) is 0 Å². The lowest BCUT2D eigenvalue weighted by atomic mass is 10.2. The van der Waals surface area contributed by atoms with Crippen LogP contribution in [0, 0.1) is 5.92 Å². The summed E-state index contributed by atoms with van der Waals surface area (Å²) in [6.07, 6.45) is 1.50. The van der Waals surface area contributed by atoms with E-state index < -0.39 is 22.7 Å². The number of carbonyl (C=O) groups is 1. The number of aliphatic carboxylic acids is 1. The molecule has 2 atom stereocenters. The van der Waals surface area contributed by atoms with Gasteiger partial charge in [-0.15, -0.1) is 0 Å². The fourth-order valence-electron chi connectivity index (χ4n) is 0.423. The van der Waals surface area contributed by atoms with Crippen LogP contribution < -0.4 is 0 Å². The van der Waals surface area contributed by atoms with Gasteiger partial charge in [0.25, 0.3) is 0 Å². The zero-order valence-corrected chi connectivity index (χ0v) is 6.27. The molecule has 0 bridgehead atoms. The van der Waals surface area contributed by atoms with Gasteiger partial charge < -0.3 is 5.11 Å². The van der Waals surface area contributed by atoms with Gasteiger partial charge in [0.2, 0.25) is 0 Å². The number of hydrogen-bond acceptors (Lipinski definition) is 2. The monoisotopic (exact) mass is 150 g/mol. The topological polar surface area (TPSA) is 54.4 Å². The molecular formula is C5H10O3S. The zero-order chi connectivity index (χ0) is 7.44. The lowest BCUT2D eigenvalue weighted by molar-refractivity contribution is -0.140. The van der Waals surface area contributed by atoms with Crippen molar-refractivity contribution in [3.05, 3.63) is 0 Å². The highest BCUT2D eigenvalue weighted by Crippen LogP contribution is 1.95. The fourth-order valence-corrected chi connectivity index (χ4v) is 1.27. The Morgan fingerprint density at radius 2 is 2.22 bits per heavy atom. The van der Waals surface area contributed by atoms with Crippen LogP contribution >= 0.6 is 0 Å². The van der Waals surface area contributed by atoms with Crippen molar-refractivity contribution in [1.82, 2.24) is 0 Å². The first kappa shape index (κ1) is 8.62. The molecule has 0 saturated heterocycles. The first-order valence-corrected chi connectivity index (χ1v) is 4.29. The molecule has 0 aromatic rings. The van der Waals surface area contributed by atoms with Crippen LogP contribution in [0.25, 0.3) is 0 Å². The third-order valence-electron chi connectivity index (χ3n) is 0.906. The smallest absolute Gasteiger partial charge is 0.307 e. The Morgan fingerprint density at radius 3 is 2.33 bits per heavy atom. The van der Waals surface area contributed by atoms with Gasteiger partial charge >= 0.3 is 5.97 Å². The van der Waals surface area contributed by atoms with Crippen molar-refractivity contribution >= 4 is 16.8 Å². The van der Waals surface area contributed by atoms with Gasteiger partial charge in [-0.2, -0.15) is 0 Å². The molecule has 0 aromatic heterocycles. The summed E-state index contributed by atoms with van der Waals surface area (Å²) >= 11 is 0. The van der Waals surface area contributed by atoms with Gasteiger partial charge in [-0.3, -0.25) is 9.00 Å². The van der Waals surface area contributed by atoms with Crippen LogP contribution in [0.2, 0.25) is 0 Å². The van der Waals surface area contributed by atoms with Crippen molar-refractivity contribution in [2.45, 2.75) is 6.92 Å². The Labute approximate surface area is 56.5 Å². The van der Waals surface area contributed by atoms with E-state index in [9.17, 15) is 9.00 Å². The molecule has 0 aliphatic heterocycles. The number of carboxylic acids is 1. The van der Waals surface area contributed by atoms with Crippen molar-refractivity contribution in [1.29, 1.82) is 0 Å². The molecule has 4 heteroatoms. The Morgan fingerprint density at radius 1 is 1.78 bits per heavy atom. The summed E-state index contributed by atoms with van der Waals surface area (Å²) in [5.41, 5.74) is 0. The summed E-state index contributed by atoms with van der Waals surface area (Å²) in [5, 5.41) is 8.30. The molecule has 0 aliphatic carbocycles. The van der Waals surface area contributed by atoms with E-state index in [-0.39, 0.29) is 5.75 Å². The van der Waals surface area contributed by atoms with E-state index in [2.05, 4.69) is 0 Å². The van der Waals surface area contributed by atoms with Gasteiger partial charge in [0.15, 0.2) is 0 Å². The number of rotatable bonds is 3. The molecule has 0 rings (SSSR count). The Bertz CT molecular complexity index is 132. The van der Waals surface area contributed by atoms with Gasteiger partial charge in [0.05, 0.1) is 5.92 Å². The molecular weight excluding hydrogens is 140 g/mol. The molecule has 0 aliphatic rings. The second-order valence-electron chi connectivity index (χ2n) is 1.98. The summed E-state index contributed by atoms with van der Waals surface area (Å²) < 4.78 is 10.4. The maximum absolute atomic E-state index is 10.4. The van der Waals surface area contributed by atoms with Gasteiger partial charge in [0, 0.05) is 22.8 Å². The van der Waals surface area contributed by atoms with Crippen molar-refractivity contribution in [2.75, 3.05) is 12.0 Å². The van der Waals surface area contributed by atoms with E-state index >= 15 is 0 Å². The zero-order valence-electron chi connectivity index (χ0n) is 5.46. The van der Waals surface area contributed by atoms with Gasteiger partial charge in [-0.25, -0.2) is 0 Å². The molecule has 0 amide bonds. The second kappa shape index (κ2) is 3.61.